The molecule has 18 heavy (non-hydrogen) atoms. The van der Waals surface area contributed by atoms with E-state index in [1.54, 1.807) is 0 Å². The van der Waals surface area contributed by atoms with Gasteiger partial charge in [-0.1, -0.05) is 6.92 Å². The Hall–Kier alpha value is -1.10. The van der Waals surface area contributed by atoms with E-state index in [4.69, 9.17) is 4.74 Å². The zero-order chi connectivity index (χ0) is 13.5. The van der Waals surface area contributed by atoms with Crippen LogP contribution in [0.15, 0.2) is 0 Å². The van der Waals surface area contributed by atoms with Crippen LogP contribution >= 0.6 is 0 Å². The molecule has 1 fully saturated rings. The number of nitrogens with zero attached hydrogens (tertiary/aromatic N) is 1. The maximum Gasteiger partial charge on any atom is 0.309 e. The Kier molecular flexibility index (Phi) is 6.12. The second-order valence-electron chi connectivity index (χ2n) is 4.97. The van der Waals surface area contributed by atoms with Gasteiger partial charge in [-0.05, 0) is 32.7 Å². The maximum absolute atomic E-state index is 11.8. The van der Waals surface area contributed by atoms with Gasteiger partial charge in [0, 0.05) is 12.6 Å². The number of esters is 1. The molecule has 0 aromatic heterocycles. The summed E-state index contributed by atoms with van der Waals surface area (Å²) < 4.78 is 4.76. The maximum atomic E-state index is 11.8. The van der Waals surface area contributed by atoms with E-state index in [1.807, 2.05) is 18.7 Å². The number of hydrogen-bond acceptors (Lipinski definition) is 4. The topological polar surface area (TPSA) is 58.6 Å². The number of ether oxygens (including phenoxy) is 1. The summed E-state index contributed by atoms with van der Waals surface area (Å²) in [7, 11) is 1.41. The predicted octanol–water partition coefficient (Wildman–Crippen LogP) is 0.786. The molecule has 0 saturated carbocycles. The number of carbonyl (C=O) groups excluding carboxylic acids is 2. The van der Waals surface area contributed by atoms with Gasteiger partial charge in [-0.2, -0.15) is 0 Å². The molecule has 0 aromatic rings. The summed E-state index contributed by atoms with van der Waals surface area (Å²) >= 11 is 0. The second kappa shape index (κ2) is 7.36. The van der Waals surface area contributed by atoms with Crippen molar-refractivity contribution in [3.8, 4) is 0 Å². The van der Waals surface area contributed by atoms with Gasteiger partial charge in [0.2, 0.25) is 5.91 Å². The largest absolute Gasteiger partial charge is 0.469 e. The Morgan fingerprint density at radius 1 is 1.50 bits per heavy atom. The molecule has 1 heterocycles. The van der Waals surface area contributed by atoms with Crippen LogP contribution in [0.4, 0.5) is 0 Å². The highest BCUT2D eigenvalue weighted by Crippen LogP contribution is 2.17. The fraction of sp³-hybridized carbons (Fsp3) is 0.846. The molecule has 2 atom stereocenters. The molecule has 1 rings (SSSR count). The fourth-order valence-electron chi connectivity index (χ4n) is 2.18. The summed E-state index contributed by atoms with van der Waals surface area (Å²) in [6.45, 7) is 5.91. The van der Waals surface area contributed by atoms with Gasteiger partial charge in [-0.25, -0.2) is 0 Å². The minimum Gasteiger partial charge on any atom is -0.469 e. The van der Waals surface area contributed by atoms with Crippen LogP contribution in [0, 0.1) is 5.92 Å². The first-order valence-corrected chi connectivity index (χ1v) is 6.66. The van der Waals surface area contributed by atoms with Crippen LogP contribution in [0.5, 0.6) is 0 Å². The van der Waals surface area contributed by atoms with Gasteiger partial charge >= 0.3 is 5.97 Å². The lowest BCUT2D eigenvalue weighted by molar-refractivity contribution is -0.147. The molecular weight excluding hydrogens is 232 g/mol. The average Bonchev–Trinajstić information content (AvgIpc) is 2.37. The van der Waals surface area contributed by atoms with E-state index in [-0.39, 0.29) is 23.8 Å². The predicted molar refractivity (Wildman–Crippen MR) is 69.1 cm³/mol. The van der Waals surface area contributed by atoms with E-state index >= 15 is 0 Å². The van der Waals surface area contributed by atoms with Crippen molar-refractivity contribution >= 4 is 11.9 Å². The van der Waals surface area contributed by atoms with Gasteiger partial charge in [-0.3, -0.25) is 14.5 Å². The molecular formula is C13H24N2O3. The molecule has 1 saturated heterocycles. The third kappa shape index (κ3) is 4.64. The third-order valence-electron chi connectivity index (χ3n) is 3.43. The van der Waals surface area contributed by atoms with Crippen molar-refractivity contribution < 1.29 is 14.3 Å². The smallest absolute Gasteiger partial charge is 0.309 e. The van der Waals surface area contributed by atoms with Crippen molar-refractivity contribution in [2.75, 3.05) is 26.7 Å². The minimum atomic E-state index is -0.165. The van der Waals surface area contributed by atoms with Gasteiger partial charge in [0.15, 0.2) is 0 Å². The zero-order valence-corrected chi connectivity index (χ0v) is 11.6. The van der Waals surface area contributed by atoms with E-state index in [0.717, 1.165) is 25.8 Å². The third-order valence-corrected chi connectivity index (χ3v) is 3.43. The second-order valence-corrected chi connectivity index (χ2v) is 4.97. The first-order chi connectivity index (χ1) is 8.56. The Labute approximate surface area is 109 Å². The molecule has 0 aliphatic carbocycles. The first kappa shape index (κ1) is 15.0. The van der Waals surface area contributed by atoms with Crippen LogP contribution in [0.1, 0.15) is 33.1 Å². The Morgan fingerprint density at radius 2 is 2.22 bits per heavy atom. The highest BCUT2D eigenvalue weighted by Gasteiger charge is 2.27. The number of likely N-dealkylation sites (tertiary alicyclic amines) is 1. The zero-order valence-electron chi connectivity index (χ0n) is 11.6. The number of nitrogens with one attached hydrogen (secondary N) is 1. The number of rotatable bonds is 5. The van der Waals surface area contributed by atoms with Gasteiger partial charge in [0.05, 0.1) is 19.6 Å². The average molecular weight is 256 g/mol. The van der Waals surface area contributed by atoms with Crippen LogP contribution in [0.2, 0.25) is 0 Å². The normalized spacial score (nSPS) is 22.3. The number of amides is 1. The minimum absolute atomic E-state index is 0.0369. The van der Waals surface area contributed by atoms with Crippen molar-refractivity contribution in [2.45, 2.75) is 39.2 Å². The SMILES string of the molecule is CCC(C)NC(=O)CN1CCC[C@H](C(=O)OC)C1. The fourth-order valence-corrected chi connectivity index (χ4v) is 2.18. The molecule has 0 radical (unpaired) electrons. The summed E-state index contributed by atoms with van der Waals surface area (Å²) in [5.74, 6) is -0.211. The molecule has 5 heteroatoms. The highest BCUT2D eigenvalue weighted by molar-refractivity contribution is 5.78. The van der Waals surface area contributed by atoms with Gasteiger partial charge in [0.25, 0.3) is 0 Å². The highest BCUT2D eigenvalue weighted by atomic mass is 16.5. The lowest BCUT2D eigenvalue weighted by Gasteiger charge is -2.30. The van der Waals surface area contributed by atoms with Gasteiger partial charge < -0.3 is 10.1 Å². The van der Waals surface area contributed by atoms with Crippen LogP contribution in [0.3, 0.4) is 0 Å². The Morgan fingerprint density at radius 3 is 2.83 bits per heavy atom. The molecule has 1 N–H and O–H groups in total. The molecule has 1 aliphatic heterocycles. The van der Waals surface area contributed by atoms with Gasteiger partial charge in [0.1, 0.15) is 0 Å². The molecule has 0 bridgehead atoms. The van der Waals surface area contributed by atoms with Gasteiger partial charge in [-0.15, -0.1) is 0 Å². The Bertz CT molecular complexity index is 294. The Balaban J connectivity index is 2.38. The first-order valence-electron chi connectivity index (χ1n) is 6.66. The van der Waals surface area contributed by atoms with Crippen molar-refractivity contribution in [3.63, 3.8) is 0 Å². The molecule has 0 aromatic carbocycles. The van der Waals surface area contributed by atoms with E-state index < -0.39 is 0 Å². The molecule has 0 spiro atoms. The lowest BCUT2D eigenvalue weighted by Crippen LogP contribution is -2.46. The molecule has 1 unspecified atom stereocenters. The van der Waals surface area contributed by atoms with Crippen LogP contribution in [-0.4, -0.2) is 49.6 Å². The number of piperidine rings is 1. The van der Waals surface area contributed by atoms with E-state index in [2.05, 4.69) is 5.32 Å². The molecule has 1 amide bonds. The van der Waals surface area contributed by atoms with Crippen LogP contribution in [0.25, 0.3) is 0 Å². The summed E-state index contributed by atoms with van der Waals surface area (Å²) in [5.41, 5.74) is 0. The summed E-state index contributed by atoms with van der Waals surface area (Å²) in [6, 6.07) is 0.207. The van der Waals surface area contributed by atoms with E-state index in [0.29, 0.717) is 13.1 Å². The summed E-state index contributed by atoms with van der Waals surface area (Å²) in [6.07, 6.45) is 2.73. The molecule has 104 valence electrons. The number of carbonyl (C=O) groups is 2. The molecule has 5 nitrogen and oxygen atoms in total. The van der Waals surface area contributed by atoms with Crippen molar-refractivity contribution in [1.82, 2.24) is 10.2 Å². The summed E-state index contributed by atoms with van der Waals surface area (Å²) in [5, 5.41) is 2.94. The summed E-state index contributed by atoms with van der Waals surface area (Å²) in [4.78, 5) is 25.3. The van der Waals surface area contributed by atoms with Crippen LogP contribution < -0.4 is 5.32 Å². The monoisotopic (exact) mass is 256 g/mol. The van der Waals surface area contributed by atoms with Crippen LogP contribution in [-0.2, 0) is 14.3 Å². The number of hydrogen-bond donors (Lipinski definition) is 1. The quantitative estimate of drug-likeness (QED) is 0.739. The van der Waals surface area contributed by atoms with Crippen molar-refractivity contribution in [1.29, 1.82) is 0 Å². The van der Waals surface area contributed by atoms with Crippen molar-refractivity contribution in [3.05, 3.63) is 0 Å². The van der Waals surface area contributed by atoms with E-state index in [9.17, 15) is 9.59 Å². The van der Waals surface area contributed by atoms with Crippen molar-refractivity contribution in [2.24, 2.45) is 5.92 Å². The molecule has 1 aliphatic rings. The lowest BCUT2D eigenvalue weighted by atomic mass is 9.98. The standard InChI is InChI=1S/C13H24N2O3/c1-4-10(2)14-12(16)9-15-7-5-6-11(8-15)13(17)18-3/h10-11H,4-9H2,1-3H3,(H,14,16)/t10?,11-/m0/s1. The number of methoxy groups -OCH3 is 1. The van der Waals surface area contributed by atoms with E-state index in [1.165, 1.54) is 7.11 Å².